The minimum Gasteiger partial charge on any atom is -0.497 e. The molecule has 5 nitrogen and oxygen atoms in total. The first-order chi connectivity index (χ1) is 12.3. The van der Waals surface area contributed by atoms with E-state index in [2.05, 4.69) is 39.1 Å². The molecule has 25 heavy (non-hydrogen) atoms. The zero-order valence-electron chi connectivity index (χ0n) is 14.1. The number of aliphatic imine (C=N–C) groups is 1. The van der Waals surface area contributed by atoms with Gasteiger partial charge in [-0.1, -0.05) is 12.2 Å². The molecule has 0 unspecified atom stereocenters. The maximum absolute atomic E-state index is 5.15. The van der Waals surface area contributed by atoms with Gasteiger partial charge in [0.1, 0.15) is 11.4 Å². The first-order valence-electron chi connectivity index (χ1n) is 7.99. The van der Waals surface area contributed by atoms with Gasteiger partial charge >= 0.3 is 0 Å². The molecule has 1 heterocycles. The number of hydrogen-bond donors (Lipinski definition) is 1. The molecular formula is C19H20N4OS. The van der Waals surface area contributed by atoms with E-state index < -0.39 is 0 Å². The number of hydrogen-bond acceptors (Lipinski definition) is 6. The molecule has 2 aromatic rings. The van der Waals surface area contributed by atoms with E-state index in [0.717, 1.165) is 35.5 Å². The molecule has 0 spiro atoms. The van der Waals surface area contributed by atoms with Gasteiger partial charge in [-0.25, -0.2) is 9.97 Å². The molecular weight excluding hydrogens is 332 g/mol. The van der Waals surface area contributed by atoms with E-state index in [4.69, 9.17) is 4.74 Å². The molecule has 0 saturated heterocycles. The van der Waals surface area contributed by atoms with Crippen molar-refractivity contribution in [2.75, 3.05) is 18.3 Å². The Morgan fingerprint density at radius 3 is 3.00 bits per heavy atom. The number of aryl methyl sites for hydroxylation is 1. The van der Waals surface area contributed by atoms with Crippen LogP contribution >= 0.6 is 11.8 Å². The highest BCUT2D eigenvalue weighted by atomic mass is 32.2. The van der Waals surface area contributed by atoms with Crippen molar-refractivity contribution in [2.24, 2.45) is 4.99 Å². The van der Waals surface area contributed by atoms with Gasteiger partial charge in [0.25, 0.3) is 0 Å². The number of allylic oxidation sites excluding steroid dienone is 1. The first kappa shape index (κ1) is 17.2. The van der Waals surface area contributed by atoms with Crippen LogP contribution in [0.4, 0.5) is 5.69 Å². The number of fused-ring (bicyclic) bond motifs is 1. The van der Waals surface area contributed by atoms with Crippen molar-refractivity contribution >= 4 is 35.9 Å². The standard InChI is InChI=1S/C19H20N4OS/c1-20-18(19-21-11-14-5-3-4-6-17(14)23-19)12-25-13-22-15-7-9-16(24-2)10-8-15/h3,5,7-12,22H,1,4,6,13H2,2H3/b18-12-. The Morgan fingerprint density at radius 2 is 2.24 bits per heavy atom. The summed E-state index contributed by atoms with van der Waals surface area (Å²) in [6, 6.07) is 7.82. The Balaban J connectivity index is 1.60. The van der Waals surface area contributed by atoms with Gasteiger partial charge in [0.05, 0.1) is 18.7 Å². The van der Waals surface area contributed by atoms with Gasteiger partial charge in [-0.2, -0.15) is 0 Å². The fraction of sp³-hybridized carbons (Fsp3) is 0.211. The van der Waals surface area contributed by atoms with Crippen LogP contribution in [0.15, 0.2) is 46.9 Å². The van der Waals surface area contributed by atoms with Crippen LogP contribution < -0.4 is 10.1 Å². The van der Waals surface area contributed by atoms with Gasteiger partial charge in [0.2, 0.25) is 0 Å². The number of nitrogens with zero attached hydrogens (tertiary/aromatic N) is 3. The van der Waals surface area contributed by atoms with E-state index in [-0.39, 0.29) is 0 Å². The monoisotopic (exact) mass is 352 g/mol. The Hall–Kier alpha value is -2.60. The molecule has 0 amide bonds. The number of methoxy groups -OCH3 is 1. The number of aromatic nitrogens is 2. The Kier molecular flexibility index (Phi) is 5.85. The second-order valence-electron chi connectivity index (χ2n) is 5.41. The van der Waals surface area contributed by atoms with E-state index in [1.165, 1.54) is 0 Å². The van der Waals surface area contributed by atoms with E-state index >= 15 is 0 Å². The van der Waals surface area contributed by atoms with Crippen LogP contribution in [0.1, 0.15) is 23.5 Å². The highest BCUT2D eigenvalue weighted by molar-refractivity contribution is 8.02. The lowest BCUT2D eigenvalue weighted by molar-refractivity contribution is 0.415. The summed E-state index contributed by atoms with van der Waals surface area (Å²) in [6.07, 6.45) is 8.03. The first-order valence-corrected chi connectivity index (χ1v) is 9.04. The number of rotatable bonds is 7. The van der Waals surface area contributed by atoms with Gasteiger partial charge in [0, 0.05) is 22.9 Å². The van der Waals surface area contributed by atoms with Gasteiger partial charge in [-0.3, -0.25) is 4.99 Å². The van der Waals surface area contributed by atoms with Gasteiger partial charge in [0.15, 0.2) is 5.82 Å². The van der Waals surface area contributed by atoms with Crippen molar-refractivity contribution in [3.8, 4) is 5.75 Å². The maximum atomic E-state index is 5.15. The smallest absolute Gasteiger partial charge is 0.178 e. The number of ether oxygens (including phenoxy) is 1. The highest BCUT2D eigenvalue weighted by Gasteiger charge is 2.10. The van der Waals surface area contributed by atoms with Crippen molar-refractivity contribution in [3.05, 3.63) is 59.0 Å². The molecule has 0 radical (unpaired) electrons. The molecule has 1 aromatic carbocycles. The molecule has 0 atom stereocenters. The third-order valence-electron chi connectivity index (χ3n) is 3.79. The normalized spacial score (nSPS) is 13.2. The molecule has 0 aliphatic heterocycles. The number of nitrogens with one attached hydrogen (secondary N) is 1. The SMILES string of the molecule is C=N/C(=C\SCNc1ccc(OC)cc1)c1ncc2c(n1)CCC=C2. The molecule has 0 fully saturated rings. The average Bonchev–Trinajstić information content (AvgIpc) is 2.68. The summed E-state index contributed by atoms with van der Waals surface area (Å²) >= 11 is 1.59. The topological polar surface area (TPSA) is 59.4 Å². The van der Waals surface area contributed by atoms with Crippen molar-refractivity contribution in [3.63, 3.8) is 0 Å². The molecule has 128 valence electrons. The van der Waals surface area contributed by atoms with Crippen molar-refractivity contribution in [2.45, 2.75) is 12.8 Å². The summed E-state index contributed by atoms with van der Waals surface area (Å²) in [7, 11) is 1.66. The zero-order chi connectivity index (χ0) is 17.5. The lowest BCUT2D eigenvalue weighted by Gasteiger charge is -2.10. The van der Waals surface area contributed by atoms with Crippen molar-refractivity contribution in [1.82, 2.24) is 9.97 Å². The molecule has 0 saturated carbocycles. The quantitative estimate of drug-likeness (QED) is 0.459. The predicted octanol–water partition coefficient (Wildman–Crippen LogP) is 4.25. The second kappa shape index (κ2) is 8.48. The highest BCUT2D eigenvalue weighted by Crippen LogP contribution is 2.22. The Bertz CT molecular complexity index is 800. The van der Waals surface area contributed by atoms with Crippen LogP contribution in [0.25, 0.3) is 11.8 Å². The third kappa shape index (κ3) is 4.48. The van der Waals surface area contributed by atoms with E-state index in [0.29, 0.717) is 17.4 Å². The third-order valence-corrected chi connectivity index (χ3v) is 4.49. The van der Waals surface area contributed by atoms with Crippen LogP contribution in [-0.2, 0) is 6.42 Å². The summed E-state index contributed by atoms with van der Waals surface area (Å²) < 4.78 is 5.15. The molecule has 1 aliphatic carbocycles. The van der Waals surface area contributed by atoms with Gasteiger partial charge in [-0.05, 0) is 43.8 Å². The van der Waals surface area contributed by atoms with Crippen LogP contribution in [0.5, 0.6) is 5.75 Å². The van der Waals surface area contributed by atoms with E-state index in [1.54, 1.807) is 18.9 Å². The molecule has 1 aliphatic rings. The van der Waals surface area contributed by atoms with E-state index in [9.17, 15) is 0 Å². The van der Waals surface area contributed by atoms with Crippen molar-refractivity contribution in [1.29, 1.82) is 0 Å². The fourth-order valence-electron chi connectivity index (χ4n) is 2.43. The van der Waals surface area contributed by atoms with Crippen LogP contribution in [0.3, 0.4) is 0 Å². The fourth-order valence-corrected chi connectivity index (χ4v) is 3.11. The van der Waals surface area contributed by atoms with Crippen LogP contribution in [0, 0.1) is 0 Å². The minimum absolute atomic E-state index is 0.626. The predicted molar refractivity (Wildman–Crippen MR) is 106 cm³/mol. The summed E-state index contributed by atoms with van der Waals surface area (Å²) in [5, 5.41) is 5.26. The van der Waals surface area contributed by atoms with Gasteiger partial charge < -0.3 is 10.1 Å². The maximum Gasteiger partial charge on any atom is 0.178 e. The summed E-state index contributed by atoms with van der Waals surface area (Å²) in [5.41, 5.74) is 3.89. The lowest BCUT2D eigenvalue weighted by atomic mass is 10.0. The summed E-state index contributed by atoms with van der Waals surface area (Å²) in [6.45, 7) is 3.65. The molecule has 1 N–H and O–H groups in total. The lowest BCUT2D eigenvalue weighted by Crippen LogP contribution is -2.03. The average molecular weight is 352 g/mol. The largest absolute Gasteiger partial charge is 0.497 e. The molecule has 3 rings (SSSR count). The molecule has 0 bridgehead atoms. The Morgan fingerprint density at radius 1 is 1.40 bits per heavy atom. The van der Waals surface area contributed by atoms with Gasteiger partial charge in [-0.15, -0.1) is 11.8 Å². The Labute approximate surface area is 152 Å². The zero-order valence-corrected chi connectivity index (χ0v) is 14.9. The molecule has 6 heteroatoms. The van der Waals surface area contributed by atoms with Crippen LogP contribution in [-0.4, -0.2) is 29.7 Å². The summed E-state index contributed by atoms with van der Waals surface area (Å²) in [5.74, 6) is 2.18. The number of benzene rings is 1. The van der Waals surface area contributed by atoms with Crippen LogP contribution in [0.2, 0.25) is 0 Å². The van der Waals surface area contributed by atoms with Crippen molar-refractivity contribution < 1.29 is 4.74 Å². The van der Waals surface area contributed by atoms with E-state index in [1.807, 2.05) is 35.9 Å². The number of thioether (sulfide) groups is 1. The second-order valence-corrected chi connectivity index (χ2v) is 6.27. The summed E-state index contributed by atoms with van der Waals surface area (Å²) in [4.78, 5) is 13.1. The minimum atomic E-state index is 0.626. The molecule has 1 aromatic heterocycles. The number of anilines is 1.